The summed E-state index contributed by atoms with van der Waals surface area (Å²) in [4.78, 5) is 0.0404. The second-order valence-electron chi connectivity index (χ2n) is 4.75. The van der Waals surface area contributed by atoms with Crippen molar-refractivity contribution in [3.63, 3.8) is 0 Å². The Morgan fingerprint density at radius 1 is 1.10 bits per heavy atom. The fourth-order valence-electron chi connectivity index (χ4n) is 2.49. The van der Waals surface area contributed by atoms with Gasteiger partial charge in [-0.1, -0.05) is 15.9 Å². The van der Waals surface area contributed by atoms with Crippen LogP contribution in [0, 0.1) is 0 Å². The Balaban J connectivity index is 2.36. The second-order valence-corrected chi connectivity index (χ2v) is 5.74. The molecule has 4 nitrogen and oxygen atoms in total. The summed E-state index contributed by atoms with van der Waals surface area (Å²) in [6.07, 6.45) is 3.49. The fraction of sp³-hybridized carbons (Fsp3) is 0.600. The maximum Gasteiger partial charge on any atom is 0.130 e. The first-order valence-corrected chi connectivity index (χ1v) is 7.68. The van der Waals surface area contributed by atoms with E-state index in [0.717, 1.165) is 36.5 Å². The highest BCUT2D eigenvalue weighted by molar-refractivity contribution is 9.09. The minimum atomic E-state index is 0.0404. The van der Waals surface area contributed by atoms with Crippen LogP contribution < -0.4 is 14.2 Å². The molecular formula is C15H21BrO4. The van der Waals surface area contributed by atoms with Crippen molar-refractivity contribution in [3.05, 3.63) is 17.7 Å². The van der Waals surface area contributed by atoms with E-state index in [1.165, 1.54) is 6.42 Å². The molecule has 1 fully saturated rings. The second kappa shape index (κ2) is 7.18. The number of hydrogen-bond acceptors (Lipinski definition) is 4. The molecule has 1 aliphatic heterocycles. The monoisotopic (exact) mass is 344 g/mol. The zero-order valence-electron chi connectivity index (χ0n) is 12.1. The molecule has 2 rings (SSSR count). The predicted molar refractivity (Wildman–Crippen MR) is 81.4 cm³/mol. The van der Waals surface area contributed by atoms with Crippen molar-refractivity contribution in [2.75, 3.05) is 27.9 Å². The van der Waals surface area contributed by atoms with Gasteiger partial charge in [0.25, 0.3) is 0 Å². The molecule has 1 heterocycles. The minimum absolute atomic E-state index is 0.0404. The summed E-state index contributed by atoms with van der Waals surface area (Å²) < 4.78 is 22.1. The molecule has 0 amide bonds. The summed E-state index contributed by atoms with van der Waals surface area (Å²) >= 11 is 3.75. The molecular weight excluding hydrogens is 324 g/mol. The van der Waals surface area contributed by atoms with Gasteiger partial charge in [-0.25, -0.2) is 0 Å². The number of methoxy groups -OCH3 is 3. The van der Waals surface area contributed by atoms with E-state index in [9.17, 15) is 0 Å². The summed E-state index contributed by atoms with van der Waals surface area (Å²) in [6.45, 7) is 0.813. The number of hydrogen-bond donors (Lipinski definition) is 0. The highest BCUT2D eigenvalue weighted by Gasteiger charge is 2.29. The van der Waals surface area contributed by atoms with Gasteiger partial charge in [-0.3, -0.25) is 0 Å². The average Bonchev–Trinajstić information content (AvgIpc) is 2.53. The first-order chi connectivity index (χ1) is 9.71. The van der Waals surface area contributed by atoms with Crippen molar-refractivity contribution in [1.82, 2.24) is 0 Å². The van der Waals surface area contributed by atoms with E-state index in [1.54, 1.807) is 21.3 Å². The van der Waals surface area contributed by atoms with E-state index in [0.29, 0.717) is 5.75 Å². The SMILES string of the molecule is COc1cc(OC)c(C(Br)C2CCCCO2)c(OC)c1. The van der Waals surface area contributed by atoms with Gasteiger partial charge >= 0.3 is 0 Å². The third kappa shape index (κ3) is 3.20. The Morgan fingerprint density at radius 2 is 1.75 bits per heavy atom. The molecule has 0 saturated carbocycles. The van der Waals surface area contributed by atoms with Crippen molar-refractivity contribution in [2.45, 2.75) is 30.2 Å². The van der Waals surface area contributed by atoms with Gasteiger partial charge in [0.1, 0.15) is 17.2 Å². The van der Waals surface area contributed by atoms with Crippen LogP contribution in [0.3, 0.4) is 0 Å². The Morgan fingerprint density at radius 3 is 2.20 bits per heavy atom. The van der Waals surface area contributed by atoms with Crippen molar-refractivity contribution in [3.8, 4) is 17.2 Å². The molecule has 112 valence electrons. The summed E-state index contributed by atoms with van der Waals surface area (Å²) in [5, 5.41) is 0. The molecule has 20 heavy (non-hydrogen) atoms. The topological polar surface area (TPSA) is 36.9 Å². The summed E-state index contributed by atoms with van der Waals surface area (Å²) in [6, 6.07) is 3.74. The van der Waals surface area contributed by atoms with Crippen LogP contribution in [0.4, 0.5) is 0 Å². The molecule has 1 aliphatic rings. The molecule has 2 unspecified atom stereocenters. The lowest BCUT2D eigenvalue weighted by Crippen LogP contribution is -2.24. The molecule has 1 saturated heterocycles. The van der Waals surface area contributed by atoms with Gasteiger partial charge in [0.15, 0.2) is 0 Å². The van der Waals surface area contributed by atoms with Crippen molar-refractivity contribution >= 4 is 15.9 Å². The number of benzene rings is 1. The van der Waals surface area contributed by atoms with E-state index in [-0.39, 0.29) is 10.9 Å². The quantitative estimate of drug-likeness (QED) is 0.763. The molecule has 0 bridgehead atoms. The van der Waals surface area contributed by atoms with Gasteiger partial charge in [-0.2, -0.15) is 0 Å². The summed E-state index contributed by atoms with van der Waals surface area (Å²) in [5.74, 6) is 2.21. The zero-order valence-corrected chi connectivity index (χ0v) is 13.7. The largest absolute Gasteiger partial charge is 0.496 e. The van der Waals surface area contributed by atoms with Crippen LogP contribution in [0.1, 0.15) is 29.7 Å². The fourth-order valence-corrected chi connectivity index (χ4v) is 3.35. The van der Waals surface area contributed by atoms with E-state index < -0.39 is 0 Å². The van der Waals surface area contributed by atoms with Crippen LogP contribution in [0.2, 0.25) is 0 Å². The van der Waals surface area contributed by atoms with Gasteiger partial charge in [-0.15, -0.1) is 0 Å². The maximum absolute atomic E-state index is 5.86. The van der Waals surface area contributed by atoms with Gasteiger partial charge in [0, 0.05) is 18.7 Å². The minimum Gasteiger partial charge on any atom is -0.496 e. The van der Waals surface area contributed by atoms with E-state index in [1.807, 2.05) is 12.1 Å². The normalized spacial score (nSPS) is 20.3. The van der Waals surface area contributed by atoms with Crippen LogP contribution >= 0.6 is 15.9 Å². The van der Waals surface area contributed by atoms with Gasteiger partial charge < -0.3 is 18.9 Å². The molecule has 2 atom stereocenters. The Kier molecular flexibility index (Phi) is 5.54. The standard InChI is InChI=1S/C15H21BrO4/c1-17-10-8-12(18-2)14(13(9-10)19-3)15(16)11-6-4-5-7-20-11/h8-9,11,15H,4-7H2,1-3H3. The lowest BCUT2D eigenvalue weighted by molar-refractivity contribution is 0.0154. The van der Waals surface area contributed by atoms with Gasteiger partial charge in [0.05, 0.1) is 37.8 Å². The van der Waals surface area contributed by atoms with Crippen LogP contribution in [-0.2, 0) is 4.74 Å². The first-order valence-electron chi connectivity index (χ1n) is 6.76. The molecule has 1 aromatic rings. The number of ether oxygens (including phenoxy) is 4. The molecule has 0 aliphatic carbocycles. The van der Waals surface area contributed by atoms with Crippen molar-refractivity contribution in [2.24, 2.45) is 0 Å². The summed E-state index contributed by atoms with van der Waals surface area (Å²) in [7, 11) is 4.93. The van der Waals surface area contributed by atoms with E-state index >= 15 is 0 Å². The molecule has 0 aromatic heterocycles. The lowest BCUT2D eigenvalue weighted by atomic mass is 9.99. The molecule has 0 N–H and O–H groups in total. The number of alkyl halides is 1. The maximum atomic E-state index is 5.86. The van der Waals surface area contributed by atoms with Crippen LogP contribution in [-0.4, -0.2) is 34.0 Å². The highest BCUT2D eigenvalue weighted by Crippen LogP contribution is 2.45. The predicted octanol–water partition coefficient (Wildman–Crippen LogP) is 3.72. The number of halogens is 1. The average molecular weight is 345 g/mol. The Bertz CT molecular complexity index is 418. The van der Waals surface area contributed by atoms with Crippen LogP contribution in [0.5, 0.6) is 17.2 Å². The first kappa shape index (κ1) is 15.4. The number of rotatable bonds is 5. The van der Waals surface area contributed by atoms with Gasteiger partial charge in [-0.05, 0) is 19.3 Å². The van der Waals surface area contributed by atoms with Crippen molar-refractivity contribution < 1.29 is 18.9 Å². The Hall–Kier alpha value is -0.940. The smallest absolute Gasteiger partial charge is 0.130 e. The van der Waals surface area contributed by atoms with Crippen LogP contribution in [0.15, 0.2) is 12.1 Å². The van der Waals surface area contributed by atoms with Crippen LogP contribution in [0.25, 0.3) is 0 Å². The third-order valence-corrected chi connectivity index (χ3v) is 4.62. The zero-order chi connectivity index (χ0) is 14.5. The molecule has 0 radical (unpaired) electrons. The van der Waals surface area contributed by atoms with E-state index in [4.69, 9.17) is 18.9 Å². The third-order valence-electron chi connectivity index (χ3n) is 3.57. The Labute approximate surface area is 128 Å². The van der Waals surface area contributed by atoms with E-state index in [2.05, 4.69) is 15.9 Å². The molecule has 1 aromatic carbocycles. The highest BCUT2D eigenvalue weighted by atomic mass is 79.9. The summed E-state index contributed by atoms with van der Waals surface area (Å²) in [5.41, 5.74) is 0.975. The van der Waals surface area contributed by atoms with Crippen molar-refractivity contribution in [1.29, 1.82) is 0 Å². The molecule has 5 heteroatoms. The van der Waals surface area contributed by atoms with Gasteiger partial charge in [0.2, 0.25) is 0 Å². The lowest BCUT2D eigenvalue weighted by Gasteiger charge is -2.29. The molecule has 0 spiro atoms.